The lowest BCUT2D eigenvalue weighted by Gasteiger charge is -2.28. The van der Waals surface area contributed by atoms with Crippen molar-refractivity contribution in [1.82, 2.24) is 4.98 Å². The Kier molecular flexibility index (Phi) is 3.88. The average molecular weight is 336 g/mol. The third-order valence-electron chi connectivity index (χ3n) is 6.04. The number of fused-ring (bicyclic) bond motifs is 1. The van der Waals surface area contributed by atoms with Crippen molar-refractivity contribution in [3.63, 3.8) is 0 Å². The molecule has 2 aliphatic rings. The van der Waals surface area contributed by atoms with Gasteiger partial charge in [-0.1, -0.05) is 51.1 Å². The Bertz CT molecular complexity index is 719. The van der Waals surface area contributed by atoms with Gasteiger partial charge in [0, 0.05) is 19.3 Å². The summed E-state index contributed by atoms with van der Waals surface area (Å²) in [6, 6.07) is 14.7. The van der Waals surface area contributed by atoms with E-state index in [0.717, 1.165) is 37.3 Å². The Morgan fingerprint density at radius 3 is 2.16 bits per heavy atom. The Labute approximate surface area is 150 Å². The first kappa shape index (κ1) is 16.6. The van der Waals surface area contributed by atoms with Crippen LogP contribution in [0.25, 0.3) is 0 Å². The SMILES string of the molecule is CC(C)(C)c1ccc(C2(O)C[C@H]3CN(c4ccccn4)C[C@H]3C2)cc1. The zero-order valence-electron chi connectivity index (χ0n) is 15.4. The Morgan fingerprint density at radius 1 is 1.00 bits per heavy atom. The van der Waals surface area contributed by atoms with Gasteiger partial charge in [-0.25, -0.2) is 4.98 Å². The fraction of sp³-hybridized carbons (Fsp3) is 0.500. The zero-order valence-corrected chi connectivity index (χ0v) is 15.4. The minimum Gasteiger partial charge on any atom is -0.385 e. The molecule has 1 aromatic carbocycles. The standard InChI is InChI=1S/C22H28N2O/c1-21(2,3)18-7-9-19(10-8-18)22(25)12-16-14-24(15-17(16)13-22)20-6-4-5-11-23-20/h4-11,16-17,25H,12-15H2,1-3H3/t16-,17+,22?. The molecule has 1 saturated heterocycles. The smallest absolute Gasteiger partial charge is 0.128 e. The highest BCUT2D eigenvalue weighted by atomic mass is 16.3. The first-order valence-electron chi connectivity index (χ1n) is 9.34. The van der Waals surface area contributed by atoms with Crippen molar-refractivity contribution in [1.29, 1.82) is 0 Å². The van der Waals surface area contributed by atoms with E-state index < -0.39 is 5.60 Å². The second-order valence-electron chi connectivity index (χ2n) is 8.88. The minimum atomic E-state index is -0.665. The van der Waals surface area contributed by atoms with E-state index >= 15 is 0 Å². The van der Waals surface area contributed by atoms with Crippen molar-refractivity contribution in [2.75, 3.05) is 18.0 Å². The Hall–Kier alpha value is -1.87. The van der Waals surface area contributed by atoms with E-state index in [1.165, 1.54) is 5.56 Å². The number of hydrogen-bond acceptors (Lipinski definition) is 3. The molecule has 2 fully saturated rings. The molecule has 3 heteroatoms. The number of aromatic nitrogens is 1. The van der Waals surface area contributed by atoms with E-state index in [9.17, 15) is 5.11 Å². The van der Waals surface area contributed by atoms with Crippen LogP contribution < -0.4 is 4.90 Å². The van der Waals surface area contributed by atoms with Crippen molar-refractivity contribution in [3.05, 3.63) is 59.8 Å². The van der Waals surface area contributed by atoms with E-state index in [4.69, 9.17) is 0 Å². The van der Waals surface area contributed by atoms with Gasteiger partial charge in [-0.15, -0.1) is 0 Å². The number of benzene rings is 1. The third kappa shape index (κ3) is 3.06. The second-order valence-corrected chi connectivity index (χ2v) is 8.88. The van der Waals surface area contributed by atoms with Crippen molar-refractivity contribution < 1.29 is 5.11 Å². The maximum atomic E-state index is 11.3. The summed E-state index contributed by atoms with van der Waals surface area (Å²) in [6.45, 7) is 8.68. The maximum Gasteiger partial charge on any atom is 0.128 e. The van der Waals surface area contributed by atoms with E-state index in [0.29, 0.717) is 11.8 Å². The highest BCUT2D eigenvalue weighted by molar-refractivity contribution is 5.41. The van der Waals surface area contributed by atoms with Crippen LogP contribution in [-0.2, 0) is 11.0 Å². The van der Waals surface area contributed by atoms with Crippen LogP contribution in [0.2, 0.25) is 0 Å². The minimum absolute atomic E-state index is 0.149. The van der Waals surface area contributed by atoms with Gasteiger partial charge < -0.3 is 10.0 Å². The van der Waals surface area contributed by atoms with Crippen LogP contribution >= 0.6 is 0 Å². The number of pyridine rings is 1. The molecule has 0 amide bonds. The molecule has 1 unspecified atom stereocenters. The quantitative estimate of drug-likeness (QED) is 0.896. The molecule has 25 heavy (non-hydrogen) atoms. The van der Waals surface area contributed by atoms with Crippen LogP contribution in [0.15, 0.2) is 48.7 Å². The number of rotatable bonds is 2. The predicted octanol–water partition coefficient (Wildman–Crippen LogP) is 4.11. The summed E-state index contributed by atoms with van der Waals surface area (Å²) in [4.78, 5) is 6.85. The summed E-state index contributed by atoms with van der Waals surface area (Å²) in [7, 11) is 0. The van der Waals surface area contributed by atoms with Crippen LogP contribution in [0.3, 0.4) is 0 Å². The fourth-order valence-corrected chi connectivity index (χ4v) is 4.60. The summed E-state index contributed by atoms with van der Waals surface area (Å²) in [5, 5.41) is 11.3. The van der Waals surface area contributed by atoms with Crippen molar-refractivity contribution in [2.45, 2.75) is 44.6 Å². The normalized spacial score (nSPS) is 29.0. The van der Waals surface area contributed by atoms with Crippen molar-refractivity contribution in [2.24, 2.45) is 11.8 Å². The summed E-state index contributed by atoms with van der Waals surface area (Å²) in [6.07, 6.45) is 3.57. The lowest BCUT2D eigenvalue weighted by molar-refractivity contribution is 0.0365. The van der Waals surface area contributed by atoms with Gasteiger partial charge in [-0.05, 0) is 53.4 Å². The molecule has 1 saturated carbocycles. The molecule has 0 spiro atoms. The van der Waals surface area contributed by atoms with Crippen molar-refractivity contribution >= 4 is 5.82 Å². The van der Waals surface area contributed by atoms with Gasteiger partial charge in [-0.2, -0.15) is 0 Å². The first-order valence-corrected chi connectivity index (χ1v) is 9.34. The molecule has 1 aliphatic heterocycles. The highest BCUT2D eigenvalue weighted by Crippen LogP contribution is 2.49. The van der Waals surface area contributed by atoms with E-state index in [-0.39, 0.29) is 5.41 Å². The van der Waals surface area contributed by atoms with Gasteiger partial charge in [0.2, 0.25) is 0 Å². The molecule has 1 aromatic heterocycles. The number of anilines is 1. The van der Waals surface area contributed by atoms with Gasteiger partial charge in [0.1, 0.15) is 5.82 Å². The highest BCUT2D eigenvalue weighted by Gasteiger charge is 2.49. The average Bonchev–Trinajstić information content (AvgIpc) is 3.11. The molecule has 4 rings (SSSR count). The Morgan fingerprint density at radius 2 is 1.64 bits per heavy atom. The topological polar surface area (TPSA) is 36.4 Å². The van der Waals surface area contributed by atoms with Crippen LogP contribution in [0, 0.1) is 11.8 Å². The number of aliphatic hydroxyl groups is 1. The summed E-state index contributed by atoms with van der Waals surface area (Å²) >= 11 is 0. The van der Waals surface area contributed by atoms with Crippen LogP contribution in [0.5, 0.6) is 0 Å². The molecule has 132 valence electrons. The Balaban J connectivity index is 1.48. The number of nitrogens with zero attached hydrogens (tertiary/aromatic N) is 2. The third-order valence-corrected chi connectivity index (χ3v) is 6.04. The first-order chi connectivity index (χ1) is 11.9. The van der Waals surface area contributed by atoms with E-state index in [1.807, 2.05) is 18.3 Å². The van der Waals surface area contributed by atoms with Crippen LogP contribution in [-0.4, -0.2) is 23.2 Å². The monoisotopic (exact) mass is 336 g/mol. The van der Waals surface area contributed by atoms with Gasteiger partial charge in [0.25, 0.3) is 0 Å². The molecular formula is C22H28N2O. The molecule has 3 nitrogen and oxygen atoms in total. The zero-order chi connectivity index (χ0) is 17.7. The molecule has 2 aromatic rings. The van der Waals surface area contributed by atoms with E-state index in [2.05, 4.69) is 61.0 Å². The fourth-order valence-electron chi connectivity index (χ4n) is 4.60. The van der Waals surface area contributed by atoms with Gasteiger partial charge in [0.15, 0.2) is 0 Å². The van der Waals surface area contributed by atoms with Crippen LogP contribution in [0.4, 0.5) is 5.82 Å². The maximum absolute atomic E-state index is 11.3. The van der Waals surface area contributed by atoms with Crippen molar-refractivity contribution in [3.8, 4) is 0 Å². The molecule has 0 bridgehead atoms. The lowest BCUT2D eigenvalue weighted by Crippen LogP contribution is -2.28. The van der Waals surface area contributed by atoms with E-state index in [1.54, 1.807) is 0 Å². The second kappa shape index (κ2) is 5.84. The molecular weight excluding hydrogens is 308 g/mol. The molecule has 1 N–H and O–H groups in total. The predicted molar refractivity (Wildman–Crippen MR) is 102 cm³/mol. The summed E-state index contributed by atoms with van der Waals surface area (Å²) in [5.74, 6) is 2.17. The van der Waals surface area contributed by atoms with Gasteiger partial charge in [-0.3, -0.25) is 0 Å². The summed E-state index contributed by atoms with van der Waals surface area (Å²) in [5.41, 5.74) is 1.89. The molecule has 0 radical (unpaired) electrons. The lowest BCUT2D eigenvalue weighted by atomic mass is 9.84. The molecule has 3 atom stereocenters. The van der Waals surface area contributed by atoms with Gasteiger partial charge in [0.05, 0.1) is 5.60 Å². The molecule has 2 heterocycles. The largest absolute Gasteiger partial charge is 0.385 e. The number of hydrogen-bond donors (Lipinski definition) is 1. The molecule has 1 aliphatic carbocycles. The van der Waals surface area contributed by atoms with Crippen LogP contribution in [0.1, 0.15) is 44.7 Å². The summed E-state index contributed by atoms with van der Waals surface area (Å²) < 4.78 is 0. The van der Waals surface area contributed by atoms with Gasteiger partial charge >= 0.3 is 0 Å².